The van der Waals surface area contributed by atoms with E-state index in [2.05, 4.69) is 53.9 Å². The van der Waals surface area contributed by atoms with Crippen molar-refractivity contribution < 1.29 is 0 Å². The molecular weight excluding hydrogens is 224 g/mol. The Morgan fingerprint density at radius 3 is 2.89 bits per heavy atom. The minimum absolute atomic E-state index is 0.120. The van der Waals surface area contributed by atoms with Gasteiger partial charge in [0.25, 0.3) is 0 Å². The monoisotopic (exact) mass is 248 g/mol. The fourth-order valence-corrected chi connectivity index (χ4v) is 2.24. The van der Waals surface area contributed by atoms with Crippen LogP contribution in [-0.2, 0) is 5.41 Å². The number of rotatable bonds is 3. The molecule has 1 aliphatic heterocycles. The van der Waals surface area contributed by atoms with E-state index in [4.69, 9.17) is 0 Å². The Kier molecular flexibility index (Phi) is 3.85. The van der Waals surface area contributed by atoms with Crippen molar-refractivity contribution in [3.8, 4) is 0 Å². The van der Waals surface area contributed by atoms with Crippen LogP contribution in [0.5, 0.6) is 0 Å². The van der Waals surface area contributed by atoms with Crippen LogP contribution in [0.15, 0.2) is 12.4 Å². The van der Waals surface area contributed by atoms with Crippen molar-refractivity contribution >= 4 is 5.82 Å². The van der Waals surface area contributed by atoms with E-state index >= 15 is 0 Å². The number of nitrogens with zero attached hydrogens (tertiary/aromatic N) is 3. The van der Waals surface area contributed by atoms with Gasteiger partial charge < -0.3 is 10.2 Å². The third-order valence-electron chi connectivity index (χ3n) is 4.03. The fourth-order valence-electron chi connectivity index (χ4n) is 2.24. The maximum Gasteiger partial charge on any atom is 0.132 e. The van der Waals surface area contributed by atoms with Gasteiger partial charge in [0, 0.05) is 37.2 Å². The number of hydrogen-bond donors (Lipinski definition) is 1. The van der Waals surface area contributed by atoms with Crippen LogP contribution in [0.1, 0.15) is 39.8 Å². The summed E-state index contributed by atoms with van der Waals surface area (Å²) in [6.45, 7) is 12.0. The molecule has 0 aliphatic carbocycles. The Morgan fingerprint density at radius 1 is 1.44 bits per heavy atom. The van der Waals surface area contributed by atoms with Gasteiger partial charge in [-0.2, -0.15) is 0 Å². The Labute approximate surface area is 110 Å². The smallest absolute Gasteiger partial charge is 0.132 e. The van der Waals surface area contributed by atoms with Crippen molar-refractivity contribution in [2.45, 2.75) is 45.6 Å². The number of hydrogen-bond acceptors (Lipinski definition) is 4. The summed E-state index contributed by atoms with van der Waals surface area (Å²) in [5.74, 6) is 1.07. The summed E-state index contributed by atoms with van der Waals surface area (Å²) in [6.07, 6.45) is 2.79. The predicted octanol–water partition coefficient (Wildman–Crippen LogP) is 1.96. The molecule has 1 aromatic rings. The summed E-state index contributed by atoms with van der Waals surface area (Å²) in [5.41, 5.74) is 1.26. The standard InChI is InChI=1S/C14H24N4/c1-5-14(3,4)12-8-13(17-10-16-12)18-7-6-15-9-11(18)2/h8,10-11,15H,5-7,9H2,1-4H3/t11-/m1/s1. The van der Waals surface area contributed by atoms with Crippen LogP contribution >= 0.6 is 0 Å². The van der Waals surface area contributed by atoms with Crippen molar-refractivity contribution in [2.75, 3.05) is 24.5 Å². The van der Waals surface area contributed by atoms with Gasteiger partial charge in [0.05, 0.1) is 5.69 Å². The molecule has 0 radical (unpaired) electrons. The van der Waals surface area contributed by atoms with Crippen molar-refractivity contribution in [1.29, 1.82) is 0 Å². The fraction of sp³-hybridized carbons (Fsp3) is 0.714. The Hall–Kier alpha value is -1.16. The molecule has 1 aromatic heterocycles. The number of anilines is 1. The largest absolute Gasteiger partial charge is 0.351 e. The van der Waals surface area contributed by atoms with Crippen molar-refractivity contribution in [1.82, 2.24) is 15.3 Å². The molecule has 4 nitrogen and oxygen atoms in total. The lowest BCUT2D eigenvalue weighted by atomic mass is 9.86. The molecule has 0 aromatic carbocycles. The zero-order valence-electron chi connectivity index (χ0n) is 11.9. The molecule has 0 bridgehead atoms. The van der Waals surface area contributed by atoms with Gasteiger partial charge in [-0.25, -0.2) is 9.97 Å². The molecule has 1 aliphatic rings. The maximum absolute atomic E-state index is 4.45. The number of aromatic nitrogens is 2. The number of nitrogens with one attached hydrogen (secondary N) is 1. The minimum Gasteiger partial charge on any atom is -0.351 e. The molecule has 1 atom stereocenters. The molecular formula is C14H24N4. The molecule has 1 N–H and O–H groups in total. The van der Waals surface area contributed by atoms with Gasteiger partial charge in [0.2, 0.25) is 0 Å². The third-order valence-corrected chi connectivity index (χ3v) is 4.03. The van der Waals surface area contributed by atoms with Crippen LogP contribution in [-0.4, -0.2) is 35.6 Å². The summed E-state index contributed by atoms with van der Waals surface area (Å²) in [4.78, 5) is 11.3. The first kappa shape index (κ1) is 13.3. The van der Waals surface area contributed by atoms with E-state index in [0.29, 0.717) is 6.04 Å². The second-order valence-electron chi connectivity index (χ2n) is 5.75. The molecule has 0 saturated carbocycles. The van der Waals surface area contributed by atoms with Crippen LogP contribution in [0, 0.1) is 0 Å². The lowest BCUT2D eigenvalue weighted by molar-refractivity contribution is 0.481. The summed E-state index contributed by atoms with van der Waals surface area (Å²) in [6, 6.07) is 2.65. The summed E-state index contributed by atoms with van der Waals surface area (Å²) in [5, 5.41) is 3.41. The predicted molar refractivity (Wildman–Crippen MR) is 75.0 cm³/mol. The molecule has 18 heavy (non-hydrogen) atoms. The molecule has 100 valence electrons. The van der Waals surface area contributed by atoms with Gasteiger partial charge in [0.15, 0.2) is 0 Å². The highest BCUT2D eigenvalue weighted by Gasteiger charge is 2.24. The quantitative estimate of drug-likeness (QED) is 0.888. The zero-order chi connectivity index (χ0) is 13.2. The molecule has 0 unspecified atom stereocenters. The molecule has 1 fully saturated rings. The second-order valence-corrected chi connectivity index (χ2v) is 5.75. The summed E-state index contributed by atoms with van der Waals surface area (Å²) >= 11 is 0. The van der Waals surface area contributed by atoms with Gasteiger partial charge in [-0.15, -0.1) is 0 Å². The molecule has 0 spiro atoms. The van der Waals surface area contributed by atoms with Gasteiger partial charge in [-0.1, -0.05) is 20.8 Å². The first-order valence-electron chi connectivity index (χ1n) is 6.84. The first-order valence-corrected chi connectivity index (χ1v) is 6.84. The molecule has 1 saturated heterocycles. The lowest BCUT2D eigenvalue weighted by Gasteiger charge is -2.35. The minimum atomic E-state index is 0.120. The highest BCUT2D eigenvalue weighted by atomic mass is 15.3. The van der Waals surface area contributed by atoms with Crippen molar-refractivity contribution in [3.05, 3.63) is 18.1 Å². The third kappa shape index (κ3) is 2.64. The maximum atomic E-state index is 4.45. The first-order chi connectivity index (χ1) is 8.54. The van der Waals surface area contributed by atoms with Crippen LogP contribution in [0.25, 0.3) is 0 Å². The number of piperazine rings is 1. The van der Waals surface area contributed by atoms with E-state index in [0.717, 1.165) is 37.6 Å². The van der Waals surface area contributed by atoms with E-state index in [1.54, 1.807) is 6.33 Å². The molecule has 2 heterocycles. The van der Waals surface area contributed by atoms with E-state index in [-0.39, 0.29) is 5.41 Å². The van der Waals surface area contributed by atoms with E-state index in [1.165, 1.54) is 0 Å². The van der Waals surface area contributed by atoms with E-state index < -0.39 is 0 Å². The topological polar surface area (TPSA) is 41.0 Å². The van der Waals surface area contributed by atoms with Crippen LogP contribution in [0.2, 0.25) is 0 Å². The van der Waals surface area contributed by atoms with Crippen LogP contribution in [0.4, 0.5) is 5.82 Å². The van der Waals surface area contributed by atoms with Gasteiger partial charge in [0.1, 0.15) is 12.1 Å². The Bertz CT molecular complexity index is 403. The highest BCUT2D eigenvalue weighted by Crippen LogP contribution is 2.27. The Balaban J connectivity index is 2.26. The highest BCUT2D eigenvalue weighted by molar-refractivity contribution is 5.42. The van der Waals surface area contributed by atoms with Crippen molar-refractivity contribution in [3.63, 3.8) is 0 Å². The average Bonchev–Trinajstić information content (AvgIpc) is 2.39. The van der Waals surface area contributed by atoms with E-state index in [1.807, 2.05) is 0 Å². The molecule has 4 heteroatoms. The van der Waals surface area contributed by atoms with Gasteiger partial charge in [-0.05, 0) is 13.3 Å². The van der Waals surface area contributed by atoms with Crippen LogP contribution in [0.3, 0.4) is 0 Å². The average molecular weight is 248 g/mol. The van der Waals surface area contributed by atoms with Crippen molar-refractivity contribution in [2.24, 2.45) is 0 Å². The van der Waals surface area contributed by atoms with Gasteiger partial charge in [-0.3, -0.25) is 0 Å². The summed E-state index contributed by atoms with van der Waals surface area (Å²) in [7, 11) is 0. The van der Waals surface area contributed by atoms with Gasteiger partial charge >= 0.3 is 0 Å². The lowest BCUT2D eigenvalue weighted by Crippen LogP contribution is -2.50. The second kappa shape index (κ2) is 5.22. The SMILES string of the molecule is CCC(C)(C)c1cc(N2CCNC[C@H]2C)ncn1. The molecule has 0 amide bonds. The van der Waals surface area contributed by atoms with E-state index in [9.17, 15) is 0 Å². The van der Waals surface area contributed by atoms with Crippen LogP contribution < -0.4 is 10.2 Å². The molecule has 2 rings (SSSR count). The zero-order valence-corrected chi connectivity index (χ0v) is 11.9. The normalized spacial score (nSPS) is 21.1. The Morgan fingerprint density at radius 2 is 2.22 bits per heavy atom. The summed E-state index contributed by atoms with van der Waals surface area (Å²) < 4.78 is 0.